The molecule has 0 saturated heterocycles. The summed E-state index contributed by atoms with van der Waals surface area (Å²) >= 11 is 0. The lowest BCUT2D eigenvalue weighted by atomic mass is 10.0. The van der Waals surface area contributed by atoms with Gasteiger partial charge < -0.3 is 24.0 Å². The Balaban J connectivity index is 1.93. The minimum atomic E-state index is -0.104. The van der Waals surface area contributed by atoms with E-state index >= 15 is 0 Å². The monoisotopic (exact) mass is 386 g/mol. The first kappa shape index (κ1) is 19.7. The molecule has 0 radical (unpaired) electrons. The predicted molar refractivity (Wildman–Crippen MR) is 106 cm³/mol. The number of amides is 1. The van der Waals surface area contributed by atoms with Crippen LogP contribution in [0, 0.1) is 6.92 Å². The molecule has 1 amide bonds. The minimum Gasteiger partial charge on any atom is -0.493 e. The van der Waals surface area contributed by atoms with Crippen LogP contribution in [0.3, 0.4) is 0 Å². The molecule has 1 aromatic carbocycles. The highest BCUT2D eigenvalue weighted by Gasteiger charge is 2.27. The number of hydrogen-bond donors (Lipinski definition) is 0. The quantitative estimate of drug-likeness (QED) is 0.778. The van der Waals surface area contributed by atoms with Gasteiger partial charge in [0.05, 0.1) is 33.6 Å². The fraction of sp³-hybridized carbons (Fsp3) is 0.450. The number of benzene rings is 1. The van der Waals surface area contributed by atoms with Gasteiger partial charge in [0.2, 0.25) is 5.75 Å². The highest BCUT2D eigenvalue weighted by Crippen LogP contribution is 2.38. The van der Waals surface area contributed by atoms with Crippen molar-refractivity contribution in [2.75, 3.05) is 46.9 Å². The van der Waals surface area contributed by atoms with Crippen molar-refractivity contribution in [1.29, 1.82) is 0 Å². The first-order chi connectivity index (χ1) is 13.4. The number of carbonyl (C=O) groups excluding carboxylic acids is 1. The van der Waals surface area contributed by atoms with E-state index in [9.17, 15) is 4.79 Å². The number of carbonyl (C=O) groups is 1. The maximum atomic E-state index is 13.2. The standard InChI is InChI=1S/C20H26N4O4/c1-12-21-15-11-24(8-7-14(15)19(22-12)23(2)3)20(25)13-9-16(26-4)18(28-6)17(10-13)27-5/h9-10H,7-8,11H2,1-6H3. The van der Waals surface area contributed by atoms with Crippen LogP contribution in [0.2, 0.25) is 0 Å². The topological polar surface area (TPSA) is 77.0 Å². The lowest BCUT2D eigenvalue weighted by molar-refractivity contribution is 0.0730. The van der Waals surface area contributed by atoms with Crippen LogP contribution in [0.25, 0.3) is 0 Å². The third kappa shape index (κ3) is 3.54. The number of rotatable bonds is 5. The van der Waals surface area contributed by atoms with Crippen molar-refractivity contribution in [2.24, 2.45) is 0 Å². The molecule has 1 aromatic heterocycles. The van der Waals surface area contributed by atoms with E-state index in [4.69, 9.17) is 14.2 Å². The van der Waals surface area contributed by atoms with Gasteiger partial charge in [-0.15, -0.1) is 0 Å². The molecule has 1 aliphatic heterocycles. The van der Waals surface area contributed by atoms with E-state index in [0.717, 1.165) is 17.1 Å². The van der Waals surface area contributed by atoms with Crippen molar-refractivity contribution in [3.05, 3.63) is 34.8 Å². The Morgan fingerprint density at radius 2 is 1.71 bits per heavy atom. The number of hydrogen-bond acceptors (Lipinski definition) is 7. The molecule has 0 spiro atoms. The van der Waals surface area contributed by atoms with Crippen LogP contribution in [0.1, 0.15) is 27.4 Å². The lowest BCUT2D eigenvalue weighted by Gasteiger charge is -2.30. The van der Waals surface area contributed by atoms with Crippen molar-refractivity contribution in [2.45, 2.75) is 19.9 Å². The summed E-state index contributed by atoms with van der Waals surface area (Å²) in [6.07, 6.45) is 0.708. The zero-order chi connectivity index (χ0) is 20.4. The predicted octanol–water partition coefficient (Wildman–Crippen LogP) is 2.08. The normalized spacial score (nSPS) is 13.0. The molecular formula is C20H26N4O4. The number of ether oxygens (including phenoxy) is 3. The van der Waals surface area contributed by atoms with Crippen LogP contribution in [0.4, 0.5) is 5.82 Å². The highest BCUT2D eigenvalue weighted by atomic mass is 16.5. The number of aryl methyl sites for hydroxylation is 1. The summed E-state index contributed by atoms with van der Waals surface area (Å²) < 4.78 is 16.1. The van der Waals surface area contributed by atoms with E-state index in [-0.39, 0.29) is 5.91 Å². The molecule has 0 fully saturated rings. The van der Waals surface area contributed by atoms with Crippen molar-refractivity contribution in [3.8, 4) is 17.2 Å². The molecule has 0 atom stereocenters. The first-order valence-corrected chi connectivity index (χ1v) is 9.02. The zero-order valence-electron chi connectivity index (χ0n) is 17.2. The third-order valence-electron chi connectivity index (χ3n) is 4.78. The van der Waals surface area contributed by atoms with E-state index < -0.39 is 0 Å². The van der Waals surface area contributed by atoms with Crippen LogP contribution in [0.15, 0.2) is 12.1 Å². The molecule has 0 N–H and O–H groups in total. The van der Waals surface area contributed by atoms with Gasteiger partial charge in [0.25, 0.3) is 5.91 Å². The van der Waals surface area contributed by atoms with E-state index in [2.05, 4.69) is 9.97 Å². The summed E-state index contributed by atoms with van der Waals surface area (Å²) in [5.41, 5.74) is 2.48. The Bertz CT molecular complexity index is 873. The van der Waals surface area contributed by atoms with Crippen LogP contribution >= 0.6 is 0 Å². The summed E-state index contributed by atoms with van der Waals surface area (Å²) in [5.74, 6) is 2.88. The van der Waals surface area contributed by atoms with E-state index in [0.29, 0.717) is 48.1 Å². The first-order valence-electron chi connectivity index (χ1n) is 9.02. The van der Waals surface area contributed by atoms with Crippen LogP contribution in [-0.4, -0.2) is 62.7 Å². The Morgan fingerprint density at radius 3 is 2.25 bits per heavy atom. The third-order valence-corrected chi connectivity index (χ3v) is 4.78. The summed E-state index contributed by atoms with van der Waals surface area (Å²) in [6, 6.07) is 3.35. The highest BCUT2D eigenvalue weighted by molar-refractivity contribution is 5.95. The Kier molecular flexibility index (Phi) is 5.58. The zero-order valence-corrected chi connectivity index (χ0v) is 17.2. The molecule has 3 rings (SSSR count). The van der Waals surface area contributed by atoms with Gasteiger partial charge in [-0.1, -0.05) is 0 Å². The van der Waals surface area contributed by atoms with Crippen molar-refractivity contribution in [1.82, 2.24) is 14.9 Å². The largest absolute Gasteiger partial charge is 0.493 e. The van der Waals surface area contributed by atoms with E-state index in [1.807, 2.05) is 25.9 Å². The van der Waals surface area contributed by atoms with Gasteiger partial charge in [-0.05, 0) is 25.5 Å². The number of aromatic nitrogens is 2. The van der Waals surface area contributed by atoms with Crippen LogP contribution in [0.5, 0.6) is 17.2 Å². The van der Waals surface area contributed by atoms with Gasteiger partial charge >= 0.3 is 0 Å². The maximum absolute atomic E-state index is 13.2. The van der Waals surface area contributed by atoms with Crippen molar-refractivity contribution in [3.63, 3.8) is 0 Å². The lowest BCUT2D eigenvalue weighted by Crippen LogP contribution is -2.37. The number of anilines is 1. The molecule has 2 heterocycles. The summed E-state index contributed by atoms with van der Waals surface area (Å²) in [4.78, 5) is 26.1. The molecule has 8 heteroatoms. The summed E-state index contributed by atoms with van der Waals surface area (Å²) in [7, 11) is 8.54. The molecule has 0 bridgehead atoms. The Morgan fingerprint density at radius 1 is 1.07 bits per heavy atom. The van der Waals surface area contributed by atoms with Gasteiger partial charge in [0.15, 0.2) is 11.5 Å². The molecule has 150 valence electrons. The van der Waals surface area contributed by atoms with E-state index in [1.54, 1.807) is 17.0 Å². The van der Waals surface area contributed by atoms with Gasteiger partial charge in [-0.2, -0.15) is 0 Å². The molecule has 0 unspecified atom stereocenters. The fourth-order valence-electron chi connectivity index (χ4n) is 3.46. The van der Waals surface area contributed by atoms with Crippen LogP contribution in [-0.2, 0) is 13.0 Å². The SMILES string of the molecule is COc1cc(C(=O)N2CCc3c(nc(C)nc3N(C)C)C2)cc(OC)c1OC. The Labute approximate surface area is 165 Å². The molecule has 1 aliphatic rings. The van der Waals surface area contributed by atoms with Gasteiger partial charge in [0, 0.05) is 31.8 Å². The second-order valence-corrected chi connectivity index (χ2v) is 6.80. The second-order valence-electron chi connectivity index (χ2n) is 6.80. The second kappa shape index (κ2) is 7.92. The smallest absolute Gasteiger partial charge is 0.254 e. The molecule has 28 heavy (non-hydrogen) atoms. The van der Waals surface area contributed by atoms with Gasteiger partial charge in [-0.3, -0.25) is 4.79 Å². The maximum Gasteiger partial charge on any atom is 0.254 e. The number of fused-ring (bicyclic) bond motifs is 1. The summed E-state index contributed by atoms with van der Waals surface area (Å²) in [6.45, 7) is 2.90. The molecular weight excluding hydrogens is 360 g/mol. The van der Waals surface area contributed by atoms with Gasteiger partial charge in [0.1, 0.15) is 11.6 Å². The molecule has 0 aliphatic carbocycles. The summed E-state index contributed by atoms with van der Waals surface area (Å²) in [5, 5.41) is 0. The number of methoxy groups -OCH3 is 3. The molecule has 8 nitrogen and oxygen atoms in total. The van der Waals surface area contributed by atoms with Crippen molar-refractivity contribution < 1.29 is 19.0 Å². The van der Waals surface area contributed by atoms with Gasteiger partial charge in [-0.25, -0.2) is 9.97 Å². The minimum absolute atomic E-state index is 0.104. The molecule has 0 saturated carbocycles. The van der Waals surface area contributed by atoms with E-state index in [1.165, 1.54) is 21.3 Å². The average molecular weight is 386 g/mol. The molecule has 2 aromatic rings. The number of nitrogens with zero attached hydrogens (tertiary/aromatic N) is 4. The van der Waals surface area contributed by atoms with Crippen molar-refractivity contribution >= 4 is 11.7 Å². The average Bonchev–Trinajstić information content (AvgIpc) is 2.70. The fourth-order valence-corrected chi connectivity index (χ4v) is 3.46. The Hall–Kier alpha value is -3.03. The van der Waals surface area contributed by atoms with Crippen LogP contribution < -0.4 is 19.1 Å².